The Bertz CT molecular complexity index is 475. The van der Waals surface area contributed by atoms with Crippen LogP contribution in [0.2, 0.25) is 0 Å². The second-order valence-corrected chi connectivity index (χ2v) is 6.09. The van der Waals surface area contributed by atoms with Crippen LogP contribution in [0.5, 0.6) is 0 Å². The normalized spacial score (nSPS) is 27.0. The van der Waals surface area contributed by atoms with Gasteiger partial charge in [-0.3, -0.25) is 4.79 Å². The first kappa shape index (κ1) is 14.5. The predicted octanol–water partition coefficient (Wildman–Crippen LogP) is 1.73. The second-order valence-electron chi connectivity index (χ2n) is 6.09. The zero-order valence-electron chi connectivity index (χ0n) is 12.4. The summed E-state index contributed by atoms with van der Waals surface area (Å²) in [5, 5.41) is 0. The van der Waals surface area contributed by atoms with Gasteiger partial charge in [0, 0.05) is 6.54 Å². The van der Waals surface area contributed by atoms with Crippen LogP contribution >= 0.6 is 0 Å². The minimum absolute atomic E-state index is 0.0825. The van der Waals surface area contributed by atoms with E-state index in [4.69, 9.17) is 10.5 Å². The highest BCUT2D eigenvalue weighted by Crippen LogP contribution is 2.28. The molecule has 1 aliphatic carbocycles. The van der Waals surface area contributed by atoms with Crippen LogP contribution in [0.25, 0.3) is 0 Å². The van der Waals surface area contributed by atoms with Crippen molar-refractivity contribution >= 4 is 5.91 Å². The summed E-state index contributed by atoms with van der Waals surface area (Å²) < 4.78 is 5.83. The van der Waals surface area contributed by atoms with Crippen LogP contribution in [-0.4, -0.2) is 42.1 Å². The number of morpholine rings is 1. The fourth-order valence-corrected chi connectivity index (χ4v) is 3.54. The first-order valence-corrected chi connectivity index (χ1v) is 7.97. The van der Waals surface area contributed by atoms with Gasteiger partial charge in [0.05, 0.1) is 24.8 Å². The fraction of sp³-hybridized carbons (Fsp3) is 0.588. The largest absolute Gasteiger partial charge is 0.374 e. The molecule has 0 unspecified atom stereocenters. The zero-order chi connectivity index (χ0) is 14.7. The maximum absolute atomic E-state index is 12.7. The van der Waals surface area contributed by atoms with Gasteiger partial charge in [-0.25, -0.2) is 0 Å². The maximum atomic E-state index is 12.7. The van der Waals surface area contributed by atoms with Crippen LogP contribution in [0.15, 0.2) is 30.3 Å². The Kier molecular flexibility index (Phi) is 4.56. The Morgan fingerprint density at radius 3 is 2.86 bits per heavy atom. The minimum atomic E-state index is -0.451. The Labute approximate surface area is 126 Å². The van der Waals surface area contributed by atoms with Crippen LogP contribution in [-0.2, 0) is 16.0 Å². The Hall–Kier alpha value is -1.39. The van der Waals surface area contributed by atoms with Gasteiger partial charge in [0.15, 0.2) is 0 Å². The van der Waals surface area contributed by atoms with E-state index in [1.54, 1.807) is 0 Å². The number of ether oxygens (including phenoxy) is 1. The third kappa shape index (κ3) is 3.27. The van der Waals surface area contributed by atoms with Crippen molar-refractivity contribution in [3.05, 3.63) is 35.9 Å². The number of hydrogen-bond donors (Lipinski definition) is 1. The van der Waals surface area contributed by atoms with Crippen molar-refractivity contribution in [2.45, 2.75) is 50.3 Å². The quantitative estimate of drug-likeness (QED) is 0.921. The number of carbonyl (C=O) groups excluding carboxylic acids is 1. The molecule has 1 saturated carbocycles. The van der Waals surface area contributed by atoms with Gasteiger partial charge < -0.3 is 15.4 Å². The van der Waals surface area contributed by atoms with Crippen molar-refractivity contribution < 1.29 is 9.53 Å². The van der Waals surface area contributed by atoms with E-state index in [9.17, 15) is 4.79 Å². The molecular formula is C17H24N2O2. The molecule has 2 N–H and O–H groups in total. The summed E-state index contributed by atoms with van der Waals surface area (Å²) in [5.41, 5.74) is 7.29. The molecule has 1 heterocycles. The van der Waals surface area contributed by atoms with Crippen LogP contribution in [0.4, 0.5) is 0 Å². The lowest BCUT2D eigenvalue weighted by molar-refractivity contribution is -0.150. The van der Waals surface area contributed by atoms with Gasteiger partial charge in [0.25, 0.3) is 0 Å². The number of nitrogens with two attached hydrogens (primary N) is 1. The summed E-state index contributed by atoms with van der Waals surface area (Å²) in [5.74, 6) is 0.0825. The van der Waals surface area contributed by atoms with E-state index in [1.807, 2.05) is 35.2 Å². The van der Waals surface area contributed by atoms with E-state index in [1.165, 1.54) is 12.8 Å². The highest BCUT2D eigenvalue weighted by Gasteiger charge is 2.37. The van der Waals surface area contributed by atoms with Crippen molar-refractivity contribution in [3.63, 3.8) is 0 Å². The standard InChI is InChI=1S/C17H24N2O2/c18-14(12-13-6-2-1-3-7-13)17(20)19-10-11-21-16-9-5-4-8-15(16)19/h1-3,6-7,14-16H,4-5,8-12,18H2/t14-,15-,16-/m0/s1. The Balaban J connectivity index is 1.65. The van der Waals surface area contributed by atoms with E-state index in [2.05, 4.69) is 0 Å². The van der Waals surface area contributed by atoms with Gasteiger partial charge in [0.2, 0.25) is 5.91 Å². The van der Waals surface area contributed by atoms with Crippen LogP contribution in [0.3, 0.4) is 0 Å². The molecule has 2 fully saturated rings. The lowest BCUT2D eigenvalue weighted by Gasteiger charge is -2.44. The molecule has 0 spiro atoms. The van der Waals surface area contributed by atoms with Crippen LogP contribution < -0.4 is 5.73 Å². The summed E-state index contributed by atoms with van der Waals surface area (Å²) >= 11 is 0. The maximum Gasteiger partial charge on any atom is 0.240 e. The highest BCUT2D eigenvalue weighted by molar-refractivity contribution is 5.82. The molecule has 1 saturated heterocycles. The predicted molar refractivity (Wildman–Crippen MR) is 81.8 cm³/mol. The van der Waals surface area contributed by atoms with Gasteiger partial charge in [0.1, 0.15) is 0 Å². The second kappa shape index (κ2) is 6.58. The van der Waals surface area contributed by atoms with Crippen molar-refractivity contribution in [1.82, 2.24) is 4.90 Å². The first-order chi connectivity index (χ1) is 10.3. The lowest BCUT2D eigenvalue weighted by atomic mass is 9.89. The SMILES string of the molecule is N[C@@H](Cc1ccccc1)C(=O)N1CCO[C@H]2CCCC[C@@H]21. The highest BCUT2D eigenvalue weighted by atomic mass is 16.5. The smallest absolute Gasteiger partial charge is 0.240 e. The number of nitrogens with zero attached hydrogens (tertiary/aromatic N) is 1. The number of hydrogen-bond acceptors (Lipinski definition) is 3. The minimum Gasteiger partial charge on any atom is -0.374 e. The molecule has 114 valence electrons. The van der Waals surface area contributed by atoms with Crippen molar-refractivity contribution in [2.24, 2.45) is 5.73 Å². The Morgan fingerprint density at radius 1 is 1.29 bits per heavy atom. The molecule has 4 nitrogen and oxygen atoms in total. The summed E-state index contributed by atoms with van der Waals surface area (Å²) in [6.45, 7) is 1.33. The number of carbonyl (C=O) groups is 1. The van der Waals surface area contributed by atoms with Crippen LogP contribution in [0, 0.1) is 0 Å². The molecule has 3 atom stereocenters. The van der Waals surface area contributed by atoms with Gasteiger partial charge in [-0.05, 0) is 24.8 Å². The number of benzene rings is 1. The molecular weight excluding hydrogens is 264 g/mol. The van der Waals surface area contributed by atoms with E-state index in [0.717, 1.165) is 18.4 Å². The summed E-state index contributed by atoms with van der Waals surface area (Å²) in [4.78, 5) is 14.7. The first-order valence-electron chi connectivity index (χ1n) is 7.97. The Morgan fingerprint density at radius 2 is 2.05 bits per heavy atom. The molecule has 1 amide bonds. The van der Waals surface area contributed by atoms with E-state index in [0.29, 0.717) is 19.6 Å². The molecule has 3 rings (SSSR count). The average Bonchev–Trinajstić information content (AvgIpc) is 2.54. The van der Waals surface area contributed by atoms with Gasteiger partial charge in [-0.2, -0.15) is 0 Å². The fourth-order valence-electron chi connectivity index (χ4n) is 3.54. The lowest BCUT2D eigenvalue weighted by Crippen LogP contribution is -2.58. The van der Waals surface area contributed by atoms with E-state index in [-0.39, 0.29) is 18.1 Å². The molecule has 1 aromatic rings. The molecule has 0 bridgehead atoms. The van der Waals surface area contributed by atoms with E-state index < -0.39 is 6.04 Å². The molecule has 0 aromatic heterocycles. The molecule has 4 heteroatoms. The third-order valence-corrected chi connectivity index (χ3v) is 4.63. The summed E-state index contributed by atoms with van der Waals surface area (Å²) in [7, 11) is 0. The number of fused-ring (bicyclic) bond motifs is 1. The molecule has 21 heavy (non-hydrogen) atoms. The van der Waals surface area contributed by atoms with Gasteiger partial charge >= 0.3 is 0 Å². The molecule has 0 radical (unpaired) electrons. The van der Waals surface area contributed by atoms with E-state index >= 15 is 0 Å². The van der Waals surface area contributed by atoms with Crippen molar-refractivity contribution in [3.8, 4) is 0 Å². The molecule has 2 aliphatic rings. The van der Waals surface area contributed by atoms with Crippen molar-refractivity contribution in [1.29, 1.82) is 0 Å². The van der Waals surface area contributed by atoms with Gasteiger partial charge in [-0.1, -0.05) is 43.2 Å². The summed E-state index contributed by atoms with van der Waals surface area (Å²) in [6.07, 6.45) is 5.34. The monoisotopic (exact) mass is 288 g/mol. The number of rotatable bonds is 3. The van der Waals surface area contributed by atoms with Gasteiger partial charge in [-0.15, -0.1) is 0 Å². The molecule has 1 aromatic carbocycles. The molecule has 1 aliphatic heterocycles. The average molecular weight is 288 g/mol. The zero-order valence-corrected chi connectivity index (χ0v) is 12.4. The summed E-state index contributed by atoms with van der Waals surface area (Å²) in [6, 6.07) is 9.78. The number of amides is 1. The topological polar surface area (TPSA) is 55.6 Å². The third-order valence-electron chi connectivity index (χ3n) is 4.63. The van der Waals surface area contributed by atoms with Crippen molar-refractivity contribution in [2.75, 3.05) is 13.2 Å². The van der Waals surface area contributed by atoms with Crippen LogP contribution in [0.1, 0.15) is 31.2 Å².